The molecule has 0 radical (unpaired) electrons. The van der Waals surface area contributed by atoms with Gasteiger partial charge in [0, 0.05) is 43.7 Å². The first-order chi connectivity index (χ1) is 25.3. The van der Waals surface area contributed by atoms with Crippen LogP contribution >= 0.6 is 11.3 Å². The molecular formula is C48H32N2S. The zero-order chi connectivity index (χ0) is 33.7. The maximum atomic E-state index is 2.44. The first-order valence-corrected chi connectivity index (χ1v) is 18.2. The number of anilines is 3. The Morgan fingerprint density at radius 1 is 0.392 bits per heavy atom. The van der Waals surface area contributed by atoms with Crippen LogP contribution in [0, 0.1) is 0 Å². The third-order valence-corrected chi connectivity index (χ3v) is 11.3. The minimum Gasteiger partial charge on any atom is -0.310 e. The molecule has 2 heterocycles. The van der Waals surface area contributed by atoms with E-state index in [2.05, 4.69) is 204 Å². The minimum atomic E-state index is 1.11. The molecule has 0 bridgehead atoms. The molecule has 10 rings (SSSR count). The maximum absolute atomic E-state index is 2.44. The van der Waals surface area contributed by atoms with E-state index in [1.165, 1.54) is 69.9 Å². The Labute approximate surface area is 300 Å². The Morgan fingerprint density at radius 3 is 1.82 bits per heavy atom. The van der Waals surface area contributed by atoms with E-state index in [9.17, 15) is 0 Å². The summed E-state index contributed by atoms with van der Waals surface area (Å²) in [4.78, 5) is 2.40. The largest absolute Gasteiger partial charge is 0.310 e. The van der Waals surface area contributed by atoms with Gasteiger partial charge in [-0.1, -0.05) is 146 Å². The molecule has 0 aliphatic carbocycles. The van der Waals surface area contributed by atoms with Gasteiger partial charge in [0.25, 0.3) is 0 Å². The lowest BCUT2D eigenvalue weighted by Gasteiger charge is -2.28. The molecule has 3 heteroatoms. The van der Waals surface area contributed by atoms with Crippen LogP contribution in [0.4, 0.5) is 17.1 Å². The normalized spacial score (nSPS) is 11.5. The molecule has 2 aromatic heterocycles. The fraction of sp³-hybridized carbons (Fsp3) is 0. The van der Waals surface area contributed by atoms with Crippen LogP contribution in [0.25, 0.3) is 69.9 Å². The summed E-state index contributed by atoms with van der Waals surface area (Å²) in [6.07, 6.45) is 0. The van der Waals surface area contributed by atoms with Crippen molar-refractivity contribution in [2.45, 2.75) is 0 Å². The second-order valence-corrected chi connectivity index (χ2v) is 13.9. The molecular weight excluding hydrogens is 637 g/mol. The van der Waals surface area contributed by atoms with Gasteiger partial charge in [-0.15, -0.1) is 11.3 Å². The van der Waals surface area contributed by atoms with Crippen molar-refractivity contribution in [2.24, 2.45) is 0 Å². The first-order valence-electron chi connectivity index (χ1n) is 17.4. The van der Waals surface area contributed by atoms with Crippen LogP contribution in [0.3, 0.4) is 0 Å². The Bertz CT molecular complexity index is 2840. The summed E-state index contributed by atoms with van der Waals surface area (Å²) in [5.74, 6) is 0. The number of aromatic nitrogens is 1. The van der Waals surface area contributed by atoms with Gasteiger partial charge >= 0.3 is 0 Å². The summed E-state index contributed by atoms with van der Waals surface area (Å²) in [6, 6.07) is 70.1. The van der Waals surface area contributed by atoms with Crippen LogP contribution in [0.5, 0.6) is 0 Å². The molecule has 2 nitrogen and oxygen atoms in total. The summed E-state index contributed by atoms with van der Waals surface area (Å²) in [7, 11) is 0. The average Bonchev–Trinajstić information content (AvgIpc) is 3.74. The fourth-order valence-corrected chi connectivity index (χ4v) is 9.06. The number of rotatable bonds is 6. The van der Waals surface area contributed by atoms with Crippen molar-refractivity contribution >= 4 is 70.4 Å². The Kier molecular flexibility index (Phi) is 7.04. The molecule has 0 N–H and O–H groups in total. The highest BCUT2D eigenvalue weighted by atomic mass is 32.1. The van der Waals surface area contributed by atoms with E-state index in [-0.39, 0.29) is 0 Å². The van der Waals surface area contributed by atoms with Crippen molar-refractivity contribution in [1.82, 2.24) is 4.57 Å². The smallest absolute Gasteiger partial charge is 0.0727 e. The van der Waals surface area contributed by atoms with Crippen molar-refractivity contribution in [3.63, 3.8) is 0 Å². The summed E-state index contributed by atoms with van der Waals surface area (Å²) < 4.78 is 5.05. The number of nitrogens with zero attached hydrogens (tertiary/aromatic N) is 2. The van der Waals surface area contributed by atoms with Crippen LogP contribution in [-0.2, 0) is 0 Å². The maximum Gasteiger partial charge on any atom is 0.0727 e. The van der Waals surface area contributed by atoms with E-state index in [4.69, 9.17) is 0 Å². The monoisotopic (exact) mass is 668 g/mol. The number of hydrogen-bond acceptors (Lipinski definition) is 2. The van der Waals surface area contributed by atoms with Crippen LogP contribution in [0.15, 0.2) is 194 Å². The lowest BCUT2D eigenvalue weighted by Crippen LogP contribution is -2.11. The minimum absolute atomic E-state index is 1.11. The molecule has 0 amide bonds. The quantitative estimate of drug-likeness (QED) is 0.171. The van der Waals surface area contributed by atoms with Crippen LogP contribution in [0.1, 0.15) is 0 Å². The second-order valence-electron chi connectivity index (χ2n) is 12.9. The van der Waals surface area contributed by atoms with E-state index >= 15 is 0 Å². The van der Waals surface area contributed by atoms with E-state index in [1.807, 2.05) is 11.3 Å². The highest BCUT2D eigenvalue weighted by molar-refractivity contribution is 7.27. The molecule has 0 fully saturated rings. The number of fused-ring (bicyclic) bond motifs is 6. The lowest BCUT2D eigenvalue weighted by molar-refractivity contribution is 1.19. The summed E-state index contributed by atoms with van der Waals surface area (Å²) in [5, 5.41) is 5.08. The lowest BCUT2D eigenvalue weighted by atomic mass is 9.97. The zero-order valence-corrected chi connectivity index (χ0v) is 28.6. The Morgan fingerprint density at radius 2 is 0.980 bits per heavy atom. The van der Waals surface area contributed by atoms with Crippen LogP contribution in [0.2, 0.25) is 0 Å². The van der Waals surface area contributed by atoms with Gasteiger partial charge in [-0.05, 0) is 70.4 Å². The molecule has 8 aromatic carbocycles. The summed E-state index contributed by atoms with van der Waals surface area (Å²) >= 11 is 1.90. The molecule has 0 saturated heterocycles. The highest BCUT2D eigenvalue weighted by Crippen LogP contribution is 2.48. The van der Waals surface area contributed by atoms with Crippen molar-refractivity contribution in [1.29, 1.82) is 0 Å². The van der Waals surface area contributed by atoms with Gasteiger partial charge in [-0.3, -0.25) is 0 Å². The molecule has 240 valence electrons. The van der Waals surface area contributed by atoms with E-state index in [0.29, 0.717) is 0 Å². The van der Waals surface area contributed by atoms with Crippen molar-refractivity contribution in [3.05, 3.63) is 194 Å². The van der Waals surface area contributed by atoms with Gasteiger partial charge < -0.3 is 9.47 Å². The van der Waals surface area contributed by atoms with Crippen molar-refractivity contribution < 1.29 is 0 Å². The van der Waals surface area contributed by atoms with Gasteiger partial charge in [-0.2, -0.15) is 0 Å². The predicted molar refractivity (Wildman–Crippen MR) is 219 cm³/mol. The van der Waals surface area contributed by atoms with E-state index in [1.54, 1.807) is 0 Å². The predicted octanol–water partition coefficient (Wildman–Crippen LogP) is 14.0. The van der Waals surface area contributed by atoms with Crippen LogP contribution < -0.4 is 4.90 Å². The third kappa shape index (κ3) is 4.85. The van der Waals surface area contributed by atoms with Gasteiger partial charge in [0.05, 0.1) is 21.4 Å². The molecule has 0 saturated carbocycles. The van der Waals surface area contributed by atoms with Crippen molar-refractivity contribution in [2.75, 3.05) is 4.90 Å². The van der Waals surface area contributed by atoms with Crippen LogP contribution in [-0.4, -0.2) is 4.57 Å². The van der Waals surface area contributed by atoms with Gasteiger partial charge in [0.1, 0.15) is 0 Å². The standard InChI is InChI=1S/C48H32N2S/c1-3-17-35(18-4-1)49(37-31-29-34(30-32-37)39-24-13-16-33-15-7-8-21-38(33)39)44-27-11-9-22-40(44)41-25-14-26-43-46-48(51-47(41)43)42-23-10-12-28-45(42)50(46)36-19-5-2-6-20-36/h1-32H. The summed E-state index contributed by atoms with van der Waals surface area (Å²) in [5.41, 5.74) is 11.9. The molecule has 0 aliphatic heterocycles. The molecule has 10 aromatic rings. The zero-order valence-electron chi connectivity index (χ0n) is 27.8. The van der Waals surface area contributed by atoms with Crippen molar-refractivity contribution in [3.8, 4) is 27.9 Å². The number of hydrogen-bond donors (Lipinski definition) is 0. The fourth-order valence-electron chi connectivity index (χ4n) is 7.72. The third-order valence-electron chi connectivity index (χ3n) is 9.99. The Hall–Kier alpha value is -6.42. The molecule has 0 unspecified atom stereocenters. The van der Waals surface area contributed by atoms with Gasteiger partial charge in [0.2, 0.25) is 0 Å². The average molecular weight is 669 g/mol. The molecule has 0 aliphatic rings. The Balaban J connectivity index is 1.16. The highest BCUT2D eigenvalue weighted by Gasteiger charge is 2.22. The first kappa shape index (κ1) is 29.5. The molecule has 0 spiro atoms. The van der Waals surface area contributed by atoms with E-state index < -0.39 is 0 Å². The number of thiophene rings is 1. The number of para-hydroxylation sites is 4. The topological polar surface area (TPSA) is 8.17 Å². The van der Waals surface area contributed by atoms with Gasteiger partial charge in [-0.25, -0.2) is 0 Å². The second kappa shape index (κ2) is 12.2. The number of benzene rings is 8. The molecule has 0 atom stereocenters. The SMILES string of the molecule is c1ccc(N(c2ccc(-c3cccc4ccccc34)cc2)c2ccccc2-c2cccc3c2sc2c4ccccc4n(-c4ccccc4)c32)cc1. The molecule has 51 heavy (non-hydrogen) atoms. The van der Waals surface area contributed by atoms with Gasteiger partial charge in [0.15, 0.2) is 0 Å². The van der Waals surface area contributed by atoms with E-state index in [0.717, 1.165) is 17.1 Å². The summed E-state index contributed by atoms with van der Waals surface area (Å²) in [6.45, 7) is 0.